The summed E-state index contributed by atoms with van der Waals surface area (Å²) < 4.78 is 36.9. The minimum absolute atomic E-state index is 0.0415. The summed E-state index contributed by atoms with van der Waals surface area (Å²) in [4.78, 5) is 20.6. The van der Waals surface area contributed by atoms with E-state index in [2.05, 4.69) is 15.0 Å². The number of halogens is 3. The molecule has 2 aromatic heterocycles. The largest absolute Gasteiger partial charge is 0.406 e. The van der Waals surface area contributed by atoms with E-state index in [9.17, 15) is 18.0 Å². The summed E-state index contributed by atoms with van der Waals surface area (Å²) in [5.41, 5.74) is -0.707. The van der Waals surface area contributed by atoms with Crippen LogP contribution in [0.3, 0.4) is 0 Å². The predicted octanol–water partition coefficient (Wildman–Crippen LogP) is 0.682. The molecule has 5 nitrogen and oxygen atoms in total. The van der Waals surface area contributed by atoms with Crippen molar-refractivity contribution in [2.24, 2.45) is 0 Å². The van der Waals surface area contributed by atoms with Crippen LogP contribution < -0.4 is 5.69 Å². The van der Waals surface area contributed by atoms with E-state index in [-0.39, 0.29) is 11.2 Å². The molecule has 2 aromatic rings. The molecule has 0 amide bonds. The number of nitrogens with zero attached hydrogens (tertiary/aromatic N) is 3. The highest BCUT2D eigenvalue weighted by Gasteiger charge is 2.29. The standard InChI is InChI=1S/C7H5F3N4O/c8-7(9,10)2-14-4-1-11-3-12-5(4)13-6(14)15/h1,3H,2H2,(H,11,12,13,15). The summed E-state index contributed by atoms with van der Waals surface area (Å²) in [5.74, 6) is 0. The molecule has 0 aliphatic carbocycles. The van der Waals surface area contributed by atoms with Gasteiger partial charge in [0.25, 0.3) is 0 Å². The number of aromatic amines is 1. The van der Waals surface area contributed by atoms with Crippen molar-refractivity contribution in [3.05, 3.63) is 23.0 Å². The first-order valence-corrected chi connectivity index (χ1v) is 3.92. The predicted molar refractivity (Wildman–Crippen MR) is 44.2 cm³/mol. The third kappa shape index (κ3) is 1.83. The maximum absolute atomic E-state index is 12.1. The molecule has 0 aliphatic rings. The van der Waals surface area contributed by atoms with E-state index in [4.69, 9.17) is 0 Å². The van der Waals surface area contributed by atoms with Crippen LogP contribution in [0.4, 0.5) is 13.2 Å². The van der Waals surface area contributed by atoms with Crippen LogP contribution in [0.1, 0.15) is 0 Å². The molecule has 0 saturated heterocycles. The van der Waals surface area contributed by atoms with Crippen LogP contribution in [0.5, 0.6) is 0 Å². The normalized spacial score (nSPS) is 12.2. The Kier molecular flexibility index (Phi) is 1.98. The zero-order valence-corrected chi connectivity index (χ0v) is 7.25. The van der Waals surface area contributed by atoms with Crippen LogP contribution in [0, 0.1) is 0 Å². The van der Waals surface area contributed by atoms with Gasteiger partial charge in [0, 0.05) is 0 Å². The van der Waals surface area contributed by atoms with Crippen molar-refractivity contribution in [1.29, 1.82) is 0 Å². The third-order valence-corrected chi connectivity index (χ3v) is 1.79. The summed E-state index contributed by atoms with van der Waals surface area (Å²) >= 11 is 0. The number of imidazole rings is 1. The lowest BCUT2D eigenvalue weighted by Gasteiger charge is -2.06. The van der Waals surface area contributed by atoms with Crippen LogP contribution in [-0.2, 0) is 6.54 Å². The van der Waals surface area contributed by atoms with Gasteiger partial charge in [0.15, 0.2) is 5.65 Å². The van der Waals surface area contributed by atoms with E-state index in [1.54, 1.807) is 0 Å². The summed E-state index contributed by atoms with van der Waals surface area (Å²) in [6, 6.07) is 0. The zero-order valence-electron chi connectivity index (χ0n) is 7.25. The number of H-pyrrole nitrogens is 1. The van der Waals surface area contributed by atoms with Gasteiger partial charge in [0.05, 0.1) is 6.20 Å². The third-order valence-electron chi connectivity index (χ3n) is 1.79. The number of rotatable bonds is 1. The molecule has 1 N–H and O–H groups in total. The fraction of sp³-hybridized carbons (Fsp3) is 0.286. The van der Waals surface area contributed by atoms with Gasteiger partial charge >= 0.3 is 11.9 Å². The van der Waals surface area contributed by atoms with Gasteiger partial charge in [0.2, 0.25) is 0 Å². The quantitative estimate of drug-likeness (QED) is 0.765. The lowest BCUT2D eigenvalue weighted by molar-refractivity contribution is -0.140. The Morgan fingerprint density at radius 2 is 2.20 bits per heavy atom. The van der Waals surface area contributed by atoms with Crippen LogP contribution in [0.2, 0.25) is 0 Å². The SMILES string of the molecule is O=c1[nH]c2ncncc2n1CC(F)(F)F. The topological polar surface area (TPSA) is 63.6 Å². The van der Waals surface area contributed by atoms with E-state index in [0.717, 1.165) is 12.5 Å². The Balaban J connectivity index is 2.60. The molecule has 0 aliphatic heterocycles. The smallest absolute Gasteiger partial charge is 0.290 e. The Morgan fingerprint density at radius 1 is 1.47 bits per heavy atom. The summed E-state index contributed by atoms with van der Waals surface area (Å²) in [5, 5.41) is 0. The van der Waals surface area contributed by atoms with E-state index < -0.39 is 18.4 Å². The van der Waals surface area contributed by atoms with Gasteiger partial charge in [-0.25, -0.2) is 14.8 Å². The van der Waals surface area contributed by atoms with Gasteiger partial charge in [-0.15, -0.1) is 0 Å². The average molecular weight is 218 g/mol. The molecule has 0 spiro atoms. The van der Waals surface area contributed by atoms with Gasteiger partial charge in [-0.05, 0) is 0 Å². The minimum Gasteiger partial charge on any atom is -0.290 e. The summed E-state index contributed by atoms with van der Waals surface area (Å²) in [6.07, 6.45) is -2.14. The molecule has 8 heteroatoms. The fourth-order valence-corrected chi connectivity index (χ4v) is 1.23. The van der Waals surface area contributed by atoms with Crippen molar-refractivity contribution < 1.29 is 13.2 Å². The second kappa shape index (κ2) is 3.07. The average Bonchev–Trinajstić information content (AvgIpc) is 2.41. The van der Waals surface area contributed by atoms with Crippen molar-refractivity contribution in [2.45, 2.75) is 12.7 Å². The lowest BCUT2D eigenvalue weighted by Crippen LogP contribution is -2.26. The number of aromatic nitrogens is 4. The first kappa shape index (κ1) is 9.69. The zero-order chi connectivity index (χ0) is 11.1. The highest BCUT2D eigenvalue weighted by molar-refractivity contribution is 5.68. The summed E-state index contributed by atoms with van der Waals surface area (Å²) in [7, 11) is 0. The van der Waals surface area contributed by atoms with Crippen molar-refractivity contribution in [3.63, 3.8) is 0 Å². The maximum atomic E-state index is 12.1. The summed E-state index contributed by atoms with van der Waals surface area (Å²) in [6.45, 7) is -1.35. The Bertz CT molecular complexity index is 541. The van der Waals surface area contributed by atoms with Crippen LogP contribution in [-0.4, -0.2) is 25.7 Å². The molecule has 0 radical (unpaired) electrons. The molecule has 2 rings (SSSR count). The fourth-order valence-electron chi connectivity index (χ4n) is 1.23. The number of hydrogen-bond donors (Lipinski definition) is 1. The van der Waals surface area contributed by atoms with Gasteiger partial charge in [0.1, 0.15) is 18.4 Å². The van der Waals surface area contributed by atoms with E-state index in [1.807, 2.05) is 0 Å². The molecule has 80 valence electrons. The highest BCUT2D eigenvalue weighted by atomic mass is 19.4. The second-order valence-corrected chi connectivity index (χ2v) is 2.89. The number of alkyl halides is 3. The van der Waals surface area contributed by atoms with Crippen LogP contribution >= 0.6 is 0 Å². The Labute approximate surface area is 80.6 Å². The molecule has 0 atom stereocenters. The van der Waals surface area contributed by atoms with Crippen molar-refractivity contribution in [2.75, 3.05) is 0 Å². The molecule has 15 heavy (non-hydrogen) atoms. The molecule has 0 unspecified atom stereocenters. The van der Waals surface area contributed by atoms with Gasteiger partial charge in [-0.3, -0.25) is 9.55 Å². The van der Waals surface area contributed by atoms with Gasteiger partial charge in [-0.1, -0.05) is 0 Å². The molecule has 0 fully saturated rings. The van der Waals surface area contributed by atoms with Crippen LogP contribution in [0.25, 0.3) is 11.2 Å². The van der Waals surface area contributed by atoms with Crippen LogP contribution in [0.15, 0.2) is 17.3 Å². The minimum atomic E-state index is -4.45. The monoisotopic (exact) mass is 218 g/mol. The molecule has 0 saturated carbocycles. The Hall–Kier alpha value is -1.86. The van der Waals surface area contributed by atoms with E-state index >= 15 is 0 Å². The van der Waals surface area contributed by atoms with Crippen molar-refractivity contribution >= 4 is 11.2 Å². The van der Waals surface area contributed by atoms with Gasteiger partial charge < -0.3 is 0 Å². The molecule has 2 heterocycles. The molecule has 0 bridgehead atoms. The maximum Gasteiger partial charge on any atom is 0.406 e. The Morgan fingerprint density at radius 3 is 2.87 bits per heavy atom. The van der Waals surface area contributed by atoms with E-state index in [1.165, 1.54) is 0 Å². The van der Waals surface area contributed by atoms with Gasteiger partial charge in [-0.2, -0.15) is 13.2 Å². The first-order valence-electron chi connectivity index (χ1n) is 3.92. The lowest BCUT2D eigenvalue weighted by atomic mass is 10.5. The molecular formula is C7H5F3N4O. The van der Waals surface area contributed by atoms with E-state index in [0.29, 0.717) is 4.57 Å². The molecular weight excluding hydrogens is 213 g/mol. The molecule has 0 aromatic carbocycles. The van der Waals surface area contributed by atoms with Crippen molar-refractivity contribution in [1.82, 2.24) is 19.5 Å². The second-order valence-electron chi connectivity index (χ2n) is 2.89. The number of hydrogen-bond acceptors (Lipinski definition) is 3. The highest BCUT2D eigenvalue weighted by Crippen LogP contribution is 2.18. The first-order chi connectivity index (χ1) is 6.97. The van der Waals surface area contributed by atoms with Crippen molar-refractivity contribution in [3.8, 4) is 0 Å². The number of nitrogens with one attached hydrogen (secondary N) is 1. The number of fused-ring (bicyclic) bond motifs is 1.